The highest BCUT2D eigenvalue weighted by Crippen LogP contribution is 2.22. The van der Waals surface area contributed by atoms with E-state index in [0.29, 0.717) is 11.1 Å². The van der Waals surface area contributed by atoms with E-state index in [9.17, 15) is 9.90 Å². The van der Waals surface area contributed by atoms with Gasteiger partial charge in [0.2, 0.25) is 0 Å². The van der Waals surface area contributed by atoms with E-state index in [0.717, 1.165) is 19.3 Å². The van der Waals surface area contributed by atoms with Crippen LogP contribution in [0.25, 0.3) is 0 Å². The molecule has 4 nitrogen and oxygen atoms in total. The van der Waals surface area contributed by atoms with Crippen LogP contribution in [-0.2, 0) is 4.74 Å². The van der Waals surface area contributed by atoms with E-state index in [-0.39, 0.29) is 23.8 Å². The average molecular weight is 249 g/mol. The number of nitrogens with one attached hydrogen (secondary N) is 1. The summed E-state index contributed by atoms with van der Waals surface area (Å²) in [6.07, 6.45) is 3.15. The Balaban J connectivity index is 2.05. The monoisotopic (exact) mass is 249 g/mol. The molecule has 1 amide bonds. The summed E-state index contributed by atoms with van der Waals surface area (Å²) in [5, 5.41) is 12.4. The van der Waals surface area contributed by atoms with Gasteiger partial charge >= 0.3 is 0 Å². The number of methoxy groups -OCH3 is 1. The van der Waals surface area contributed by atoms with Gasteiger partial charge in [0.1, 0.15) is 5.75 Å². The highest BCUT2D eigenvalue weighted by Gasteiger charge is 2.28. The van der Waals surface area contributed by atoms with Gasteiger partial charge in [0.25, 0.3) is 5.91 Å². The molecule has 1 fully saturated rings. The Labute approximate surface area is 107 Å². The van der Waals surface area contributed by atoms with Gasteiger partial charge in [-0.2, -0.15) is 0 Å². The van der Waals surface area contributed by atoms with Crippen LogP contribution in [-0.4, -0.2) is 30.3 Å². The number of aromatic hydroxyl groups is 1. The second-order valence-corrected chi connectivity index (χ2v) is 4.79. The van der Waals surface area contributed by atoms with Crippen molar-refractivity contribution in [2.24, 2.45) is 0 Å². The molecule has 0 aliphatic heterocycles. The summed E-state index contributed by atoms with van der Waals surface area (Å²) in [5.41, 5.74) is 1.28. The van der Waals surface area contributed by atoms with Crippen LogP contribution in [0.2, 0.25) is 0 Å². The second-order valence-electron chi connectivity index (χ2n) is 4.79. The number of hydrogen-bond acceptors (Lipinski definition) is 3. The molecule has 0 aromatic heterocycles. The molecule has 0 spiro atoms. The van der Waals surface area contributed by atoms with Gasteiger partial charge < -0.3 is 15.2 Å². The molecular formula is C14H19NO3. The summed E-state index contributed by atoms with van der Waals surface area (Å²) >= 11 is 0. The quantitative estimate of drug-likeness (QED) is 0.861. The maximum atomic E-state index is 12.1. The fourth-order valence-corrected chi connectivity index (χ4v) is 2.42. The van der Waals surface area contributed by atoms with Gasteiger partial charge in [-0.3, -0.25) is 4.79 Å². The zero-order valence-electron chi connectivity index (χ0n) is 10.8. The topological polar surface area (TPSA) is 58.6 Å². The standard InChI is InChI=1S/C14H19NO3/c1-9-8-10(6-7-12(9)16)14(17)15-11-4-3-5-13(11)18-2/h6-8,11,13,16H,3-5H2,1-2H3,(H,15,17). The van der Waals surface area contributed by atoms with E-state index in [1.165, 1.54) is 0 Å². The van der Waals surface area contributed by atoms with E-state index < -0.39 is 0 Å². The minimum atomic E-state index is -0.105. The lowest BCUT2D eigenvalue weighted by atomic mass is 10.1. The molecule has 1 aliphatic carbocycles. The molecule has 0 radical (unpaired) electrons. The van der Waals surface area contributed by atoms with Gasteiger partial charge in [-0.05, 0) is 49.9 Å². The van der Waals surface area contributed by atoms with Gasteiger partial charge in [-0.25, -0.2) is 0 Å². The Kier molecular flexibility index (Phi) is 3.87. The van der Waals surface area contributed by atoms with Crippen molar-refractivity contribution in [1.82, 2.24) is 5.32 Å². The number of benzene rings is 1. The molecule has 1 aromatic rings. The van der Waals surface area contributed by atoms with Crippen LogP contribution in [0.4, 0.5) is 0 Å². The summed E-state index contributed by atoms with van der Waals surface area (Å²) < 4.78 is 5.35. The fraction of sp³-hybridized carbons (Fsp3) is 0.500. The van der Waals surface area contributed by atoms with Gasteiger partial charge in [0.05, 0.1) is 12.1 Å². The summed E-state index contributed by atoms with van der Waals surface area (Å²) in [7, 11) is 1.68. The molecule has 98 valence electrons. The Morgan fingerprint density at radius 2 is 2.22 bits per heavy atom. The lowest BCUT2D eigenvalue weighted by Gasteiger charge is -2.19. The van der Waals surface area contributed by atoms with Crippen LogP contribution in [0.5, 0.6) is 5.75 Å². The van der Waals surface area contributed by atoms with Gasteiger partial charge in [0.15, 0.2) is 0 Å². The molecule has 1 saturated carbocycles. The first kappa shape index (κ1) is 12.9. The Morgan fingerprint density at radius 3 is 2.89 bits per heavy atom. The van der Waals surface area contributed by atoms with Crippen molar-refractivity contribution in [1.29, 1.82) is 0 Å². The van der Waals surface area contributed by atoms with Crippen LogP contribution in [0.15, 0.2) is 18.2 Å². The first-order valence-corrected chi connectivity index (χ1v) is 6.25. The third-order valence-electron chi connectivity index (χ3n) is 3.53. The largest absolute Gasteiger partial charge is 0.508 e. The molecule has 0 saturated heterocycles. The highest BCUT2D eigenvalue weighted by molar-refractivity contribution is 5.94. The lowest BCUT2D eigenvalue weighted by Crippen LogP contribution is -2.40. The number of carbonyl (C=O) groups excluding carboxylic acids is 1. The minimum absolute atomic E-state index is 0.0941. The Morgan fingerprint density at radius 1 is 1.44 bits per heavy atom. The van der Waals surface area contributed by atoms with Gasteiger partial charge in [-0.15, -0.1) is 0 Å². The molecule has 2 N–H and O–H groups in total. The summed E-state index contributed by atoms with van der Waals surface area (Å²) in [5.74, 6) is 0.106. The summed E-state index contributed by atoms with van der Waals surface area (Å²) in [6.45, 7) is 1.78. The smallest absolute Gasteiger partial charge is 0.251 e. The maximum Gasteiger partial charge on any atom is 0.251 e. The lowest BCUT2D eigenvalue weighted by molar-refractivity contribution is 0.0722. The third kappa shape index (κ3) is 2.64. The van der Waals surface area contributed by atoms with Crippen molar-refractivity contribution in [3.8, 4) is 5.75 Å². The number of phenolic OH excluding ortho intramolecular Hbond substituents is 1. The minimum Gasteiger partial charge on any atom is -0.508 e. The number of hydrogen-bond donors (Lipinski definition) is 2. The predicted octanol–water partition coefficient (Wildman–Crippen LogP) is 2.00. The third-order valence-corrected chi connectivity index (χ3v) is 3.53. The van der Waals surface area contributed by atoms with Crippen LogP contribution in [0.1, 0.15) is 35.2 Å². The molecular weight excluding hydrogens is 230 g/mol. The van der Waals surface area contributed by atoms with E-state index in [1.807, 2.05) is 0 Å². The first-order valence-electron chi connectivity index (χ1n) is 6.25. The Hall–Kier alpha value is -1.55. The van der Waals surface area contributed by atoms with Crippen LogP contribution < -0.4 is 5.32 Å². The zero-order chi connectivity index (χ0) is 13.1. The number of amides is 1. The van der Waals surface area contributed by atoms with Crippen molar-refractivity contribution >= 4 is 5.91 Å². The van der Waals surface area contributed by atoms with Crippen molar-refractivity contribution < 1.29 is 14.6 Å². The molecule has 2 atom stereocenters. The molecule has 0 bridgehead atoms. The van der Waals surface area contributed by atoms with Crippen LogP contribution in [0, 0.1) is 6.92 Å². The second kappa shape index (κ2) is 5.40. The molecule has 18 heavy (non-hydrogen) atoms. The van der Waals surface area contributed by atoms with E-state index in [2.05, 4.69) is 5.32 Å². The van der Waals surface area contributed by atoms with Gasteiger partial charge in [0, 0.05) is 12.7 Å². The van der Waals surface area contributed by atoms with Crippen molar-refractivity contribution in [3.05, 3.63) is 29.3 Å². The maximum absolute atomic E-state index is 12.1. The SMILES string of the molecule is COC1CCCC1NC(=O)c1ccc(O)c(C)c1. The van der Waals surface area contributed by atoms with E-state index in [1.54, 1.807) is 32.2 Å². The normalized spacial score (nSPS) is 23.0. The Bertz CT molecular complexity index is 445. The van der Waals surface area contributed by atoms with E-state index >= 15 is 0 Å². The van der Waals surface area contributed by atoms with Crippen molar-refractivity contribution in [2.45, 2.75) is 38.3 Å². The molecule has 1 aliphatic rings. The number of phenols is 1. The number of ether oxygens (including phenoxy) is 1. The van der Waals surface area contributed by atoms with Crippen LogP contribution in [0.3, 0.4) is 0 Å². The first-order chi connectivity index (χ1) is 8.61. The zero-order valence-corrected chi connectivity index (χ0v) is 10.8. The number of aryl methyl sites for hydroxylation is 1. The summed E-state index contributed by atoms with van der Waals surface area (Å²) in [4.78, 5) is 12.1. The molecule has 2 rings (SSSR count). The molecule has 4 heteroatoms. The predicted molar refractivity (Wildman–Crippen MR) is 68.7 cm³/mol. The van der Waals surface area contributed by atoms with Crippen molar-refractivity contribution in [2.75, 3.05) is 7.11 Å². The number of carbonyl (C=O) groups is 1. The molecule has 2 unspecified atom stereocenters. The molecule has 0 heterocycles. The molecule has 1 aromatic carbocycles. The van der Waals surface area contributed by atoms with Crippen LogP contribution >= 0.6 is 0 Å². The van der Waals surface area contributed by atoms with Crippen molar-refractivity contribution in [3.63, 3.8) is 0 Å². The fourth-order valence-electron chi connectivity index (χ4n) is 2.42. The summed E-state index contributed by atoms with van der Waals surface area (Å²) in [6, 6.07) is 4.97. The average Bonchev–Trinajstić information content (AvgIpc) is 2.79. The highest BCUT2D eigenvalue weighted by atomic mass is 16.5. The van der Waals surface area contributed by atoms with E-state index in [4.69, 9.17) is 4.74 Å². The van der Waals surface area contributed by atoms with Gasteiger partial charge in [-0.1, -0.05) is 0 Å². The number of rotatable bonds is 3.